The number of benzene rings is 1. The molecule has 0 aliphatic heterocycles. The summed E-state index contributed by atoms with van der Waals surface area (Å²) in [6.07, 6.45) is 1.65. The van der Waals surface area contributed by atoms with E-state index in [1.165, 1.54) is 5.56 Å². The molecule has 1 aromatic carbocycles. The molecule has 0 aliphatic rings. The van der Waals surface area contributed by atoms with E-state index in [1.54, 1.807) is 10.7 Å². The summed E-state index contributed by atoms with van der Waals surface area (Å²) in [6.45, 7) is 4.36. The van der Waals surface area contributed by atoms with Crippen molar-refractivity contribution in [2.24, 2.45) is 0 Å². The summed E-state index contributed by atoms with van der Waals surface area (Å²) in [6, 6.07) is 9.81. The Kier molecular flexibility index (Phi) is 3.35. The lowest BCUT2D eigenvalue weighted by Gasteiger charge is -2.03. The highest BCUT2D eigenvalue weighted by atomic mass is 16.2. The molecule has 1 amide bonds. The number of nitrogens with one attached hydrogen (secondary N) is 1. The molecular formula is C15H15N5O. The van der Waals surface area contributed by atoms with Crippen molar-refractivity contribution in [3.8, 4) is 0 Å². The fourth-order valence-electron chi connectivity index (χ4n) is 1.97. The minimum atomic E-state index is -0.305. The highest BCUT2D eigenvalue weighted by Gasteiger charge is 2.13. The third-order valence-corrected chi connectivity index (χ3v) is 3.21. The third-order valence-electron chi connectivity index (χ3n) is 3.21. The van der Waals surface area contributed by atoms with E-state index in [0.717, 1.165) is 11.3 Å². The number of aromatic nitrogens is 4. The highest BCUT2D eigenvalue weighted by Crippen LogP contribution is 2.04. The molecule has 0 atom stereocenters. The molecule has 0 radical (unpaired) electrons. The van der Waals surface area contributed by atoms with Gasteiger partial charge in [0.2, 0.25) is 5.82 Å². The number of rotatable bonds is 3. The molecule has 6 nitrogen and oxygen atoms in total. The molecule has 2 aromatic heterocycles. The van der Waals surface area contributed by atoms with E-state index < -0.39 is 0 Å². The number of hydrogen-bond donors (Lipinski definition) is 1. The minimum absolute atomic E-state index is 0.129. The first-order chi connectivity index (χ1) is 10.1. The van der Waals surface area contributed by atoms with Crippen LogP contribution in [-0.4, -0.2) is 25.5 Å². The first-order valence-electron chi connectivity index (χ1n) is 6.65. The Morgan fingerprint density at radius 2 is 1.95 bits per heavy atom. The largest absolute Gasteiger partial charge is 0.345 e. The van der Waals surface area contributed by atoms with Crippen molar-refractivity contribution in [2.45, 2.75) is 20.4 Å². The molecule has 0 spiro atoms. The van der Waals surface area contributed by atoms with Gasteiger partial charge in [0, 0.05) is 18.4 Å². The van der Waals surface area contributed by atoms with E-state index >= 15 is 0 Å². The van der Waals surface area contributed by atoms with Crippen molar-refractivity contribution < 1.29 is 4.79 Å². The van der Waals surface area contributed by atoms with Gasteiger partial charge in [-0.15, -0.1) is 5.10 Å². The van der Waals surface area contributed by atoms with Crippen molar-refractivity contribution in [1.29, 1.82) is 0 Å². The van der Waals surface area contributed by atoms with Gasteiger partial charge in [0.15, 0.2) is 0 Å². The van der Waals surface area contributed by atoms with Crippen LogP contribution in [0.2, 0.25) is 0 Å². The second kappa shape index (κ2) is 5.32. The molecule has 0 unspecified atom stereocenters. The highest BCUT2D eigenvalue weighted by molar-refractivity contribution is 5.90. The Morgan fingerprint density at radius 3 is 2.67 bits per heavy atom. The Balaban J connectivity index is 1.75. The normalized spacial score (nSPS) is 10.8. The summed E-state index contributed by atoms with van der Waals surface area (Å²) in [5.41, 5.74) is 3.10. The lowest BCUT2D eigenvalue weighted by molar-refractivity contribution is 0.0940. The summed E-state index contributed by atoms with van der Waals surface area (Å²) < 4.78 is 1.56. The molecule has 21 heavy (non-hydrogen) atoms. The van der Waals surface area contributed by atoms with Crippen LogP contribution in [0.15, 0.2) is 36.5 Å². The average Bonchev–Trinajstić information content (AvgIpc) is 2.92. The van der Waals surface area contributed by atoms with Crippen molar-refractivity contribution in [2.75, 3.05) is 0 Å². The monoisotopic (exact) mass is 281 g/mol. The standard InChI is InChI=1S/C15H15N5O/c1-10-3-5-12(6-4-10)9-17-14(21)13-18-15-16-8-7-11(2)20(15)19-13/h3-8H,9H2,1-2H3,(H,17,21). The molecule has 6 heteroatoms. The van der Waals surface area contributed by atoms with Gasteiger partial charge in [0.05, 0.1) is 0 Å². The molecule has 3 rings (SSSR count). The zero-order valence-corrected chi connectivity index (χ0v) is 11.9. The molecule has 3 aromatic rings. The van der Waals surface area contributed by atoms with E-state index in [4.69, 9.17) is 0 Å². The first-order valence-corrected chi connectivity index (χ1v) is 6.65. The van der Waals surface area contributed by atoms with Crippen molar-refractivity contribution in [1.82, 2.24) is 24.9 Å². The maximum Gasteiger partial charge on any atom is 0.291 e. The smallest absolute Gasteiger partial charge is 0.291 e. The van der Waals surface area contributed by atoms with Crippen LogP contribution in [0.25, 0.3) is 5.78 Å². The summed E-state index contributed by atoms with van der Waals surface area (Å²) in [4.78, 5) is 20.3. The van der Waals surface area contributed by atoms with E-state index in [2.05, 4.69) is 20.4 Å². The number of aryl methyl sites for hydroxylation is 2. The third kappa shape index (κ3) is 2.74. The molecule has 0 bridgehead atoms. The van der Waals surface area contributed by atoms with Crippen LogP contribution in [0.1, 0.15) is 27.4 Å². The molecule has 0 fully saturated rings. The Morgan fingerprint density at radius 1 is 1.19 bits per heavy atom. The van der Waals surface area contributed by atoms with Crippen LogP contribution < -0.4 is 5.32 Å². The van der Waals surface area contributed by atoms with Crippen molar-refractivity contribution >= 4 is 11.7 Å². The predicted octanol–water partition coefficient (Wildman–Crippen LogP) is 1.67. The van der Waals surface area contributed by atoms with E-state index in [1.807, 2.05) is 44.2 Å². The van der Waals surface area contributed by atoms with Gasteiger partial charge in [0.1, 0.15) is 0 Å². The van der Waals surface area contributed by atoms with Gasteiger partial charge in [-0.3, -0.25) is 4.79 Å². The van der Waals surface area contributed by atoms with Crippen LogP contribution in [0, 0.1) is 13.8 Å². The van der Waals surface area contributed by atoms with Gasteiger partial charge < -0.3 is 5.32 Å². The second-order valence-corrected chi connectivity index (χ2v) is 4.90. The molecular weight excluding hydrogens is 266 g/mol. The Labute approximate surface area is 121 Å². The fraction of sp³-hybridized carbons (Fsp3) is 0.200. The van der Waals surface area contributed by atoms with Crippen molar-refractivity contribution in [3.05, 3.63) is 59.2 Å². The Bertz CT molecular complexity index is 791. The maximum atomic E-state index is 12.1. The summed E-state index contributed by atoms with van der Waals surface area (Å²) in [5, 5.41) is 6.98. The van der Waals surface area contributed by atoms with Gasteiger partial charge in [-0.05, 0) is 25.5 Å². The molecule has 1 N–H and O–H groups in total. The lowest BCUT2D eigenvalue weighted by atomic mass is 10.1. The SMILES string of the molecule is Cc1ccc(CNC(=O)c2nc3nccc(C)n3n2)cc1. The minimum Gasteiger partial charge on any atom is -0.345 e. The summed E-state index contributed by atoms with van der Waals surface area (Å²) >= 11 is 0. The molecule has 0 aliphatic carbocycles. The zero-order chi connectivity index (χ0) is 14.8. The average molecular weight is 281 g/mol. The first kappa shape index (κ1) is 13.2. The summed E-state index contributed by atoms with van der Waals surface area (Å²) in [5.74, 6) is 0.250. The van der Waals surface area contributed by atoms with Gasteiger partial charge in [0.25, 0.3) is 11.7 Å². The lowest BCUT2D eigenvalue weighted by Crippen LogP contribution is -2.24. The van der Waals surface area contributed by atoms with Gasteiger partial charge in [-0.1, -0.05) is 29.8 Å². The predicted molar refractivity (Wildman–Crippen MR) is 77.9 cm³/mol. The van der Waals surface area contributed by atoms with Gasteiger partial charge in [-0.25, -0.2) is 9.50 Å². The maximum absolute atomic E-state index is 12.1. The number of carbonyl (C=O) groups excluding carboxylic acids is 1. The van der Waals surface area contributed by atoms with Crippen LogP contribution in [-0.2, 0) is 6.54 Å². The topological polar surface area (TPSA) is 72.2 Å². The van der Waals surface area contributed by atoms with Crippen molar-refractivity contribution in [3.63, 3.8) is 0 Å². The summed E-state index contributed by atoms with van der Waals surface area (Å²) in [7, 11) is 0. The molecule has 2 heterocycles. The number of carbonyl (C=O) groups is 1. The number of nitrogens with zero attached hydrogens (tertiary/aromatic N) is 4. The van der Waals surface area contributed by atoms with Crippen LogP contribution in [0.3, 0.4) is 0 Å². The number of fused-ring (bicyclic) bond motifs is 1. The molecule has 0 saturated carbocycles. The zero-order valence-electron chi connectivity index (χ0n) is 11.9. The number of hydrogen-bond acceptors (Lipinski definition) is 4. The van der Waals surface area contributed by atoms with Gasteiger partial charge >= 0.3 is 0 Å². The molecule has 0 saturated heterocycles. The van der Waals surface area contributed by atoms with Crippen LogP contribution in [0.4, 0.5) is 0 Å². The molecule has 106 valence electrons. The van der Waals surface area contributed by atoms with Crippen LogP contribution in [0.5, 0.6) is 0 Å². The van der Waals surface area contributed by atoms with E-state index in [9.17, 15) is 4.79 Å². The van der Waals surface area contributed by atoms with Gasteiger partial charge in [-0.2, -0.15) is 4.98 Å². The Hall–Kier alpha value is -2.76. The van der Waals surface area contributed by atoms with Crippen LogP contribution >= 0.6 is 0 Å². The van der Waals surface area contributed by atoms with E-state index in [0.29, 0.717) is 12.3 Å². The second-order valence-electron chi connectivity index (χ2n) is 4.90. The quantitative estimate of drug-likeness (QED) is 0.792. The van der Waals surface area contributed by atoms with E-state index in [-0.39, 0.29) is 11.7 Å². The number of amides is 1. The fourth-order valence-corrected chi connectivity index (χ4v) is 1.97.